The second-order valence-corrected chi connectivity index (χ2v) is 7.10. The summed E-state index contributed by atoms with van der Waals surface area (Å²) in [5, 5.41) is 15.0. The zero-order valence-electron chi connectivity index (χ0n) is 15.2. The van der Waals surface area contributed by atoms with Crippen LogP contribution in [0.1, 0.15) is 22.9 Å². The van der Waals surface area contributed by atoms with Gasteiger partial charge in [-0.15, -0.1) is 0 Å². The summed E-state index contributed by atoms with van der Waals surface area (Å²) >= 11 is 5.72. The van der Waals surface area contributed by atoms with Gasteiger partial charge in [-0.25, -0.2) is 0 Å². The number of nitro groups is 1. The Morgan fingerprint density at radius 3 is 2.54 bits per heavy atom. The minimum atomic E-state index is -0.378. The van der Waals surface area contributed by atoms with E-state index in [4.69, 9.17) is 12.2 Å². The predicted octanol–water partition coefficient (Wildman–Crippen LogP) is 3.88. The van der Waals surface area contributed by atoms with Crippen molar-refractivity contribution >= 4 is 23.0 Å². The molecule has 0 fully saturated rings. The molecule has 1 aliphatic rings. The van der Waals surface area contributed by atoms with Gasteiger partial charge in [0.15, 0.2) is 5.11 Å². The number of hydrogen-bond acceptors (Lipinski definition) is 3. The van der Waals surface area contributed by atoms with Crippen LogP contribution in [0.15, 0.2) is 72.9 Å². The van der Waals surface area contributed by atoms with Crippen LogP contribution >= 0.6 is 12.2 Å². The highest BCUT2D eigenvalue weighted by Crippen LogP contribution is 2.33. The van der Waals surface area contributed by atoms with Gasteiger partial charge in [-0.1, -0.05) is 30.3 Å². The van der Waals surface area contributed by atoms with Crippen LogP contribution in [0.25, 0.3) is 0 Å². The Morgan fingerprint density at radius 2 is 1.82 bits per heavy atom. The summed E-state index contributed by atoms with van der Waals surface area (Å²) in [5.74, 6) is 0. The Hall–Kier alpha value is -3.19. The van der Waals surface area contributed by atoms with Crippen LogP contribution in [-0.2, 0) is 13.1 Å². The van der Waals surface area contributed by atoms with Crippen molar-refractivity contribution in [3.05, 3.63) is 99.9 Å². The van der Waals surface area contributed by atoms with E-state index >= 15 is 0 Å². The van der Waals surface area contributed by atoms with E-state index in [-0.39, 0.29) is 16.7 Å². The zero-order chi connectivity index (χ0) is 19.5. The molecule has 7 heteroatoms. The molecule has 2 heterocycles. The molecule has 28 heavy (non-hydrogen) atoms. The number of nitrogens with zero attached hydrogens (tertiary/aromatic N) is 3. The number of rotatable bonds is 4. The fourth-order valence-electron chi connectivity index (χ4n) is 3.61. The second-order valence-electron chi connectivity index (χ2n) is 6.72. The average molecular weight is 392 g/mol. The number of nitrogens with one attached hydrogen (secondary N) is 1. The molecule has 2 aromatic carbocycles. The molecule has 0 spiro atoms. The number of non-ortho nitro benzene ring substituents is 1. The van der Waals surface area contributed by atoms with E-state index < -0.39 is 0 Å². The molecule has 6 nitrogen and oxygen atoms in total. The van der Waals surface area contributed by atoms with Crippen molar-refractivity contribution < 1.29 is 4.92 Å². The topological polar surface area (TPSA) is 63.3 Å². The van der Waals surface area contributed by atoms with Crippen molar-refractivity contribution in [2.75, 3.05) is 6.54 Å². The SMILES string of the molecule is O=[N+]([O-])c1ccc(C2c3cccn3CCN2C(=S)NCc2ccccc2)cc1. The summed E-state index contributed by atoms with van der Waals surface area (Å²) < 4.78 is 2.21. The van der Waals surface area contributed by atoms with Crippen molar-refractivity contribution in [1.29, 1.82) is 0 Å². The first kappa shape index (κ1) is 18.2. The fraction of sp³-hybridized carbons (Fsp3) is 0.190. The number of fused-ring (bicyclic) bond motifs is 1. The van der Waals surface area contributed by atoms with Crippen molar-refractivity contribution in [1.82, 2.24) is 14.8 Å². The first-order chi connectivity index (χ1) is 13.6. The minimum absolute atomic E-state index is 0.0830. The standard InChI is InChI=1S/C21H20N4O2S/c26-25(27)18-10-8-17(9-11-18)20-19-7-4-12-23(19)13-14-24(20)21(28)22-15-16-5-2-1-3-6-16/h1-12,20H,13-15H2,(H,22,28). The van der Waals surface area contributed by atoms with Crippen LogP contribution in [0, 0.1) is 10.1 Å². The van der Waals surface area contributed by atoms with E-state index in [0.29, 0.717) is 11.7 Å². The maximum Gasteiger partial charge on any atom is 0.269 e. The van der Waals surface area contributed by atoms with E-state index in [1.54, 1.807) is 12.1 Å². The quantitative estimate of drug-likeness (QED) is 0.415. The Kier molecular flexibility index (Phi) is 5.08. The minimum Gasteiger partial charge on any atom is -0.358 e. The number of benzene rings is 2. The third-order valence-corrected chi connectivity index (χ3v) is 5.38. The molecule has 4 rings (SSSR count). The van der Waals surface area contributed by atoms with Gasteiger partial charge in [-0.2, -0.15) is 0 Å². The van der Waals surface area contributed by atoms with E-state index in [1.807, 2.05) is 36.4 Å². The summed E-state index contributed by atoms with van der Waals surface area (Å²) in [6.07, 6.45) is 2.06. The lowest BCUT2D eigenvalue weighted by atomic mass is 10.00. The highest BCUT2D eigenvalue weighted by Gasteiger charge is 2.30. The number of thiocarbonyl (C=S) groups is 1. The predicted molar refractivity (Wildman–Crippen MR) is 112 cm³/mol. The Morgan fingerprint density at radius 1 is 1.07 bits per heavy atom. The molecular weight excluding hydrogens is 372 g/mol. The molecule has 3 aromatic rings. The maximum atomic E-state index is 11.0. The van der Waals surface area contributed by atoms with Crippen LogP contribution in [0.2, 0.25) is 0 Å². The molecule has 0 saturated heterocycles. The lowest BCUT2D eigenvalue weighted by Crippen LogP contribution is -2.46. The van der Waals surface area contributed by atoms with E-state index in [0.717, 1.165) is 29.9 Å². The molecule has 0 bridgehead atoms. The molecule has 1 aromatic heterocycles. The van der Waals surface area contributed by atoms with Crippen molar-refractivity contribution in [3.8, 4) is 0 Å². The number of hydrogen-bond donors (Lipinski definition) is 1. The Balaban J connectivity index is 1.60. The molecule has 0 saturated carbocycles. The largest absolute Gasteiger partial charge is 0.358 e. The maximum absolute atomic E-state index is 11.0. The molecule has 1 atom stereocenters. The Bertz CT molecular complexity index is 985. The first-order valence-electron chi connectivity index (χ1n) is 9.11. The average Bonchev–Trinajstić information content (AvgIpc) is 3.21. The molecule has 0 radical (unpaired) electrons. The Labute approximate surface area is 168 Å². The summed E-state index contributed by atoms with van der Waals surface area (Å²) in [5.41, 5.74) is 3.36. The summed E-state index contributed by atoms with van der Waals surface area (Å²) in [6, 6.07) is 20.9. The highest BCUT2D eigenvalue weighted by atomic mass is 32.1. The third kappa shape index (κ3) is 3.61. The van der Waals surface area contributed by atoms with Crippen molar-refractivity contribution in [3.63, 3.8) is 0 Å². The molecular formula is C21H20N4O2S. The monoisotopic (exact) mass is 392 g/mol. The third-order valence-electron chi connectivity index (χ3n) is 5.01. The van der Waals surface area contributed by atoms with Crippen LogP contribution in [0.4, 0.5) is 5.69 Å². The number of aromatic nitrogens is 1. The van der Waals surface area contributed by atoms with Crippen LogP contribution in [-0.4, -0.2) is 26.0 Å². The molecule has 1 N–H and O–H groups in total. The van der Waals surface area contributed by atoms with Gasteiger partial charge in [-0.05, 0) is 47.6 Å². The normalized spacial score (nSPS) is 15.7. The van der Waals surface area contributed by atoms with Crippen LogP contribution in [0.5, 0.6) is 0 Å². The van der Waals surface area contributed by atoms with Crippen LogP contribution < -0.4 is 5.32 Å². The number of nitro benzene ring substituents is 1. The highest BCUT2D eigenvalue weighted by molar-refractivity contribution is 7.80. The van der Waals surface area contributed by atoms with E-state index in [1.165, 1.54) is 0 Å². The second kappa shape index (κ2) is 7.82. The summed E-state index contributed by atoms with van der Waals surface area (Å²) in [4.78, 5) is 12.8. The summed E-state index contributed by atoms with van der Waals surface area (Å²) in [7, 11) is 0. The molecule has 1 aliphatic heterocycles. The van der Waals surface area contributed by atoms with Gasteiger partial charge in [0.2, 0.25) is 0 Å². The van der Waals surface area contributed by atoms with Gasteiger partial charge in [-0.3, -0.25) is 10.1 Å². The van der Waals surface area contributed by atoms with E-state index in [9.17, 15) is 10.1 Å². The summed E-state index contributed by atoms with van der Waals surface area (Å²) in [6.45, 7) is 2.27. The molecule has 0 aliphatic carbocycles. The van der Waals surface area contributed by atoms with Crippen molar-refractivity contribution in [2.24, 2.45) is 0 Å². The molecule has 1 unspecified atom stereocenters. The van der Waals surface area contributed by atoms with Crippen molar-refractivity contribution in [2.45, 2.75) is 19.1 Å². The van der Waals surface area contributed by atoms with Gasteiger partial charge in [0, 0.05) is 43.7 Å². The molecule has 0 amide bonds. The lowest BCUT2D eigenvalue weighted by Gasteiger charge is -2.39. The smallest absolute Gasteiger partial charge is 0.269 e. The van der Waals surface area contributed by atoms with Crippen LogP contribution in [0.3, 0.4) is 0 Å². The van der Waals surface area contributed by atoms with Gasteiger partial charge < -0.3 is 14.8 Å². The van der Waals surface area contributed by atoms with Gasteiger partial charge >= 0.3 is 0 Å². The van der Waals surface area contributed by atoms with E-state index in [2.05, 4.69) is 39.2 Å². The zero-order valence-corrected chi connectivity index (χ0v) is 16.0. The van der Waals surface area contributed by atoms with Gasteiger partial charge in [0.25, 0.3) is 5.69 Å². The fourth-order valence-corrected chi connectivity index (χ4v) is 3.88. The molecule has 142 valence electrons. The first-order valence-corrected chi connectivity index (χ1v) is 9.52. The van der Waals surface area contributed by atoms with Gasteiger partial charge in [0.05, 0.1) is 11.0 Å². The lowest BCUT2D eigenvalue weighted by molar-refractivity contribution is -0.384. The van der Waals surface area contributed by atoms with Gasteiger partial charge in [0.1, 0.15) is 0 Å².